The second kappa shape index (κ2) is 13.2. The highest BCUT2D eigenvalue weighted by atomic mass is 35.5. The Kier molecular flexibility index (Phi) is 9.11. The zero-order chi connectivity index (χ0) is 32.4. The number of carboxylic acids is 1. The highest BCUT2D eigenvalue weighted by Crippen LogP contribution is 2.38. The van der Waals surface area contributed by atoms with E-state index in [4.69, 9.17) is 23.2 Å². The van der Waals surface area contributed by atoms with Crippen molar-refractivity contribution in [3.05, 3.63) is 106 Å². The highest BCUT2D eigenvalue weighted by molar-refractivity contribution is 6.35. The Balaban J connectivity index is 1.25. The summed E-state index contributed by atoms with van der Waals surface area (Å²) in [4.78, 5) is 47.7. The minimum atomic E-state index is -1.03. The molecule has 4 aromatic rings. The number of carboxylic acid groups (broad SMARTS) is 1. The van der Waals surface area contributed by atoms with E-state index in [0.29, 0.717) is 47.5 Å². The summed E-state index contributed by atoms with van der Waals surface area (Å²) >= 11 is 12.6. The number of benzene rings is 4. The molecule has 0 aliphatic carbocycles. The fraction of sp³-hybridized carbons (Fsp3) is 0.306. The zero-order valence-electron chi connectivity index (χ0n) is 25.7. The Morgan fingerprint density at radius 2 is 1.57 bits per heavy atom. The van der Waals surface area contributed by atoms with Crippen molar-refractivity contribution >= 4 is 63.3 Å². The third kappa shape index (κ3) is 6.78. The molecule has 238 valence electrons. The van der Waals surface area contributed by atoms with Crippen LogP contribution in [0.25, 0.3) is 10.8 Å². The largest absolute Gasteiger partial charge is 0.481 e. The van der Waals surface area contributed by atoms with Crippen LogP contribution in [0.3, 0.4) is 0 Å². The lowest BCUT2D eigenvalue weighted by Gasteiger charge is -2.48. The van der Waals surface area contributed by atoms with Crippen molar-refractivity contribution in [1.29, 1.82) is 0 Å². The molecule has 1 unspecified atom stereocenters. The Morgan fingerprint density at radius 1 is 0.848 bits per heavy atom. The smallest absolute Gasteiger partial charge is 0.324 e. The molecular weight excluding hydrogens is 623 g/mol. The van der Waals surface area contributed by atoms with E-state index in [-0.39, 0.29) is 44.4 Å². The molecule has 10 heteroatoms. The normalized spacial score (nSPS) is 18.7. The minimum Gasteiger partial charge on any atom is -0.481 e. The number of nitrogens with zero attached hydrogens (tertiary/aromatic N) is 4. The zero-order valence-corrected chi connectivity index (χ0v) is 27.2. The van der Waals surface area contributed by atoms with Crippen LogP contribution >= 0.6 is 23.2 Å². The van der Waals surface area contributed by atoms with Gasteiger partial charge in [-0.3, -0.25) is 14.5 Å². The topological polar surface area (TPSA) is 84.4 Å². The molecule has 8 nitrogen and oxygen atoms in total. The first-order valence-electron chi connectivity index (χ1n) is 15.4. The molecule has 4 aromatic carbocycles. The number of carbonyl (C=O) groups is 3. The number of amides is 3. The fourth-order valence-corrected chi connectivity index (χ4v) is 7.19. The van der Waals surface area contributed by atoms with Gasteiger partial charge in [0, 0.05) is 84.5 Å². The Morgan fingerprint density at radius 3 is 2.28 bits per heavy atom. The van der Waals surface area contributed by atoms with Gasteiger partial charge in [-0.1, -0.05) is 83.4 Å². The van der Waals surface area contributed by atoms with E-state index in [9.17, 15) is 19.5 Å². The van der Waals surface area contributed by atoms with Gasteiger partial charge in [-0.05, 0) is 48.2 Å². The molecule has 0 spiro atoms. The molecule has 0 bridgehead atoms. The van der Waals surface area contributed by atoms with Gasteiger partial charge in [0.15, 0.2) is 0 Å². The van der Waals surface area contributed by atoms with E-state index >= 15 is 0 Å². The summed E-state index contributed by atoms with van der Waals surface area (Å²) < 4.78 is 0. The van der Waals surface area contributed by atoms with Crippen LogP contribution in [0.5, 0.6) is 0 Å². The maximum Gasteiger partial charge on any atom is 0.324 e. The van der Waals surface area contributed by atoms with Crippen molar-refractivity contribution in [1.82, 2.24) is 9.80 Å². The van der Waals surface area contributed by atoms with E-state index in [0.717, 1.165) is 11.3 Å². The van der Waals surface area contributed by atoms with Gasteiger partial charge in [0.05, 0.1) is 6.42 Å². The SMILES string of the molecule is Cc1ccc(N2CC(CC(=O)O)(CC(=O)N3CCN(c4cccc5ccccc45)CC3)CN(Cc3ccc(Cl)cc3Cl)C2=O)cc1. The first-order chi connectivity index (χ1) is 22.1. The predicted molar refractivity (Wildman–Crippen MR) is 183 cm³/mol. The monoisotopic (exact) mass is 658 g/mol. The summed E-state index contributed by atoms with van der Waals surface area (Å²) in [5.74, 6) is -1.13. The lowest BCUT2D eigenvalue weighted by molar-refractivity contribution is -0.142. The van der Waals surface area contributed by atoms with Gasteiger partial charge in [0.2, 0.25) is 5.91 Å². The summed E-state index contributed by atoms with van der Waals surface area (Å²) in [6, 6.07) is 26.9. The van der Waals surface area contributed by atoms with Crippen LogP contribution in [0.15, 0.2) is 84.9 Å². The molecule has 0 saturated carbocycles. The van der Waals surface area contributed by atoms with Gasteiger partial charge >= 0.3 is 12.0 Å². The van der Waals surface area contributed by atoms with Crippen LogP contribution in [-0.2, 0) is 16.1 Å². The molecule has 1 atom stereocenters. The second-order valence-corrected chi connectivity index (χ2v) is 13.3. The first-order valence-corrected chi connectivity index (χ1v) is 16.2. The maximum atomic E-state index is 14.0. The van der Waals surface area contributed by atoms with Crippen molar-refractivity contribution in [2.75, 3.05) is 49.1 Å². The summed E-state index contributed by atoms with van der Waals surface area (Å²) in [6.45, 7) is 4.70. The van der Waals surface area contributed by atoms with E-state index in [2.05, 4.69) is 35.2 Å². The van der Waals surface area contributed by atoms with Crippen LogP contribution in [0.4, 0.5) is 16.2 Å². The quantitative estimate of drug-likeness (QED) is 0.218. The van der Waals surface area contributed by atoms with Crippen LogP contribution in [0.2, 0.25) is 10.0 Å². The molecule has 0 aromatic heterocycles. The van der Waals surface area contributed by atoms with Crippen LogP contribution < -0.4 is 9.80 Å². The van der Waals surface area contributed by atoms with E-state index in [1.54, 1.807) is 28.0 Å². The van der Waals surface area contributed by atoms with Gasteiger partial charge in [-0.15, -0.1) is 0 Å². The number of fused-ring (bicyclic) bond motifs is 1. The van der Waals surface area contributed by atoms with Crippen LogP contribution in [-0.4, -0.2) is 72.1 Å². The molecule has 0 radical (unpaired) electrons. The minimum absolute atomic E-state index is 0.00589. The fourth-order valence-electron chi connectivity index (χ4n) is 6.72. The Hall–Kier alpha value is -4.27. The molecule has 2 aliphatic rings. The molecule has 2 saturated heterocycles. The summed E-state index contributed by atoms with van der Waals surface area (Å²) in [7, 11) is 0. The first kappa shape index (κ1) is 31.7. The van der Waals surface area contributed by atoms with Crippen LogP contribution in [0.1, 0.15) is 24.0 Å². The van der Waals surface area contributed by atoms with Crippen molar-refractivity contribution in [3.63, 3.8) is 0 Å². The maximum absolute atomic E-state index is 14.0. The van der Waals surface area contributed by atoms with Crippen LogP contribution in [0, 0.1) is 12.3 Å². The van der Waals surface area contributed by atoms with Crippen molar-refractivity contribution in [2.45, 2.75) is 26.3 Å². The van der Waals surface area contributed by atoms with E-state index in [1.807, 2.05) is 48.2 Å². The average molecular weight is 660 g/mol. The molecule has 46 heavy (non-hydrogen) atoms. The number of piperazine rings is 1. The Bertz CT molecular complexity index is 1770. The van der Waals surface area contributed by atoms with Gasteiger partial charge < -0.3 is 19.8 Å². The number of hydrogen-bond donors (Lipinski definition) is 1. The average Bonchev–Trinajstić information content (AvgIpc) is 3.04. The predicted octanol–water partition coefficient (Wildman–Crippen LogP) is 7.10. The number of halogens is 2. The summed E-state index contributed by atoms with van der Waals surface area (Å²) in [5.41, 5.74) is 2.47. The number of aryl methyl sites for hydroxylation is 1. The van der Waals surface area contributed by atoms with Crippen molar-refractivity contribution < 1.29 is 19.5 Å². The molecule has 2 aliphatic heterocycles. The van der Waals surface area contributed by atoms with Gasteiger partial charge in [-0.25, -0.2) is 4.79 Å². The standard InChI is InChI=1S/C36H36Cl2N4O4/c1-25-9-13-29(14-10-25)42-24-36(21-34(44)45,23-41(35(42)46)22-27-11-12-28(37)19-31(27)38)20-33(43)40-17-15-39(16-18-40)32-8-4-6-26-5-2-3-7-30(26)32/h2-14,19H,15-18,20-24H2,1H3,(H,44,45). The third-order valence-corrected chi connectivity index (χ3v) is 9.62. The Labute approximate surface area is 278 Å². The summed E-state index contributed by atoms with van der Waals surface area (Å²) in [5, 5.41) is 13.4. The molecule has 1 N–H and O–H groups in total. The lowest BCUT2D eigenvalue weighted by atomic mass is 9.77. The lowest BCUT2D eigenvalue weighted by Crippen LogP contribution is -2.60. The highest BCUT2D eigenvalue weighted by Gasteiger charge is 2.47. The number of hydrogen-bond acceptors (Lipinski definition) is 4. The summed E-state index contributed by atoms with van der Waals surface area (Å²) in [6.07, 6.45) is -0.275. The van der Waals surface area contributed by atoms with Crippen molar-refractivity contribution in [2.24, 2.45) is 5.41 Å². The molecule has 2 fully saturated rings. The second-order valence-electron chi connectivity index (χ2n) is 12.4. The number of carbonyl (C=O) groups excluding carboxylic acids is 2. The van der Waals surface area contributed by atoms with E-state index < -0.39 is 11.4 Å². The van der Waals surface area contributed by atoms with E-state index in [1.165, 1.54) is 10.8 Å². The van der Waals surface area contributed by atoms with Gasteiger partial charge in [-0.2, -0.15) is 0 Å². The number of aliphatic carboxylic acids is 1. The van der Waals surface area contributed by atoms with Gasteiger partial charge in [0.25, 0.3) is 0 Å². The molecule has 6 rings (SSSR count). The molecule has 2 heterocycles. The molecular formula is C36H36Cl2N4O4. The third-order valence-electron chi connectivity index (χ3n) is 9.04. The number of urea groups is 1. The molecule has 3 amide bonds. The number of anilines is 2. The number of rotatable bonds is 8. The van der Waals surface area contributed by atoms with Crippen molar-refractivity contribution in [3.8, 4) is 0 Å². The van der Waals surface area contributed by atoms with Gasteiger partial charge in [0.1, 0.15) is 0 Å².